The molecule has 3 amide bonds. The number of halogens is 2. The van der Waals surface area contributed by atoms with Crippen molar-refractivity contribution in [1.29, 1.82) is 0 Å². The number of imide groups is 1. The summed E-state index contributed by atoms with van der Waals surface area (Å²) in [5.41, 5.74) is -0.824. The molecule has 1 atom stereocenters. The Labute approximate surface area is 158 Å². The lowest BCUT2D eigenvalue weighted by Crippen LogP contribution is -2.40. The number of nitro groups is 1. The zero-order valence-corrected chi connectivity index (χ0v) is 15.0. The van der Waals surface area contributed by atoms with Crippen molar-refractivity contribution < 1.29 is 14.5 Å². The maximum absolute atomic E-state index is 12.9. The van der Waals surface area contributed by atoms with E-state index in [9.17, 15) is 19.7 Å². The zero-order valence-electron chi connectivity index (χ0n) is 13.5. The SMILES string of the molecule is CC1(c2cccc([N+](=O)[O-])c2)NC(=O)N(Cc2c(Cl)cccc2Cl)C1=O. The minimum absolute atomic E-state index is 0.103. The van der Waals surface area contributed by atoms with Crippen LogP contribution in [0.2, 0.25) is 10.0 Å². The maximum atomic E-state index is 12.9. The van der Waals surface area contributed by atoms with Gasteiger partial charge in [0.05, 0.1) is 11.5 Å². The van der Waals surface area contributed by atoms with Crippen LogP contribution in [0.1, 0.15) is 18.1 Å². The zero-order chi connectivity index (χ0) is 19.1. The Kier molecular flexibility index (Phi) is 4.60. The minimum Gasteiger partial charge on any atom is -0.319 e. The number of urea groups is 1. The second-order valence-corrected chi connectivity index (χ2v) is 6.77. The number of carbonyl (C=O) groups is 2. The molecular weight excluding hydrogens is 381 g/mol. The molecule has 2 aromatic rings. The average Bonchev–Trinajstić information content (AvgIpc) is 2.82. The molecule has 7 nitrogen and oxygen atoms in total. The van der Waals surface area contributed by atoms with E-state index in [1.165, 1.54) is 25.1 Å². The number of non-ortho nitro benzene ring substituents is 1. The van der Waals surface area contributed by atoms with Crippen molar-refractivity contribution in [3.8, 4) is 0 Å². The molecule has 1 aliphatic rings. The molecule has 0 radical (unpaired) electrons. The van der Waals surface area contributed by atoms with Crippen molar-refractivity contribution in [3.05, 3.63) is 73.8 Å². The van der Waals surface area contributed by atoms with Crippen LogP contribution in [0.5, 0.6) is 0 Å². The number of nitrogens with zero attached hydrogens (tertiary/aromatic N) is 2. The van der Waals surface area contributed by atoms with Gasteiger partial charge in [-0.25, -0.2) is 4.79 Å². The Balaban J connectivity index is 1.96. The van der Waals surface area contributed by atoms with Gasteiger partial charge in [0.25, 0.3) is 11.6 Å². The van der Waals surface area contributed by atoms with Crippen molar-refractivity contribution in [2.75, 3.05) is 0 Å². The van der Waals surface area contributed by atoms with Gasteiger partial charge in [0.2, 0.25) is 0 Å². The highest BCUT2D eigenvalue weighted by molar-refractivity contribution is 6.36. The molecule has 0 aliphatic carbocycles. The highest BCUT2D eigenvalue weighted by atomic mass is 35.5. The molecule has 2 aromatic carbocycles. The lowest BCUT2D eigenvalue weighted by Gasteiger charge is -2.22. The van der Waals surface area contributed by atoms with Gasteiger partial charge in [-0.1, -0.05) is 41.4 Å². The third kappa shape index (κ3) is 3.00. The molecule has 26 heavy (non-hydrogen) atoms. The van der Waals surface area contributed by atoms with Crippen LogP contribution in [0, 0.1) is 10.1 Å². The molecular formula is C17H13Cl2N3O4. The van der Waals surface area contributed by atoms with E-state index < -0.39 is 22.4 Å². The fraction of sp³-hybridized carbons (Fsp3) is 0.176. The summed E-state index contributed by atoms with van der Waals surface area (Å²) in [6.45, 7) is 1.40. The normalized spacial score (nSPS) is 19.6. The number of nitro benzene ring substituents is 1. The monoisotopic (exact) mass is 393 g/mol. The molecule has 1 N–H and O–H groups in total. The predicted octanol–water partition coefficient (Wildman–Crippen LogP) is 3.87. The van der Waals surface area contributed by atoms with E-state index in [4.69, 9.17) is 23.2 Å². The van der Waals surface area contributed by atoms with E-state index in [2.05, 4.69) is 5.32 Å². The number of nitrogens with one attached hydrogen (secondary N) is 1. The van der Waals surface area contributed by atoms with Crippen molar-refractivity contribution in [2.24, 2.45) is 0 Å². The number of hydrogen-bond donors (Lipinski definition) is 1. The highest BCUT2D eigenvalue weighted by Crippen LogP contribution is 2.33. The van der Waals surface area contributed by atoms with Gasteiger partial charge in [-0.3, -0.25) is 19.8 Å². The molecule has 3 rings (SSSR count). The standard InChI is InChI=1S/C17H13Cl2N3O4/c1-17(10-4-2-5-11(8-10)22(25)26)15(23)21(16(24)20-17)9-12-13(18)6-3-7-14(12)19/h2-8H,9H2,1H3,(H,20,24). The number of hydrogen-bond acceptors (Lipinski definition) is 4. The van der Waals surface area contributed by atoms with Crippen molar-refractivity contribution in [2.45, 2.75) is 19.0 Å². The number of amides is 3. The molecule has 1 saturated heterocycles. The summed E-state index contributed by atoms with van der Waals surface area (Å²) in [6.07, 6.45) is 0. The van der Waals surface area contributed by atoms with Crippen LogP contribution in [-0.4, -0.2) is 21.8 Å². The summed E-state index contributed by atoms with van der Waals surface area (Å²) in [5, 5.41) is 14.3. The summed E-state index contributed by atoms with van der Waals surface area (Å²) in [6, 6.07) is 9.86. The first-order chi connectivity index (χ1) is 12.2. The van der Waals surface area contributed by atoms with Crippen LogP contribution in [0.4, 0.5) is 10.5 Å². The summed E-state index contributed by atoms with van der Waals surface area (Å²) < 4.78 is 0. The fourth-order valence-electron chi connectivity index (χ4n) is 2.81. The molecule has 1 unspecified atom stereocenters. The summed E-state index contributed by atoms with van der Waals surface area (Å²) >= 11 is 12.2. The summed E-state index contributed by atoms with van der Waals surface area (Å²) in [5.74, 6) is -0.543. The van der Waals surface area contributed by atoms with Crippen LogP contribution in [-0.2, 0) is 16.9 Å². The second kappa shape index (κ2) is 6.59. The largest absolute Gasteiger partial charge is 0.325 e. The van der Waals surface area contributed by atoms with E-state index in [1.54, 1.807) is 24.3 Å². The van der Waals surface area contributed by atoms with Gasteiger partial charge in [0.1, 0.15) is 5.54 Å². The van der Waals surface area contributed by atoms with E-state index >= 15 is 0 Å². The number of rotatable bonds is 4. The van der Waals surface area contributed by atoms with Gasteiger partial charge in [0, 0.05) is 27.7 Å². The molecule has 1 aliphatic heterocycles. The Morgan fingerprint density at radius 2 is 1.77 bits per heavy atom. The Hall–Kier alpha value is -2.64. The third-order valence-corrected chi connectivity index (χ3v) is 5.00. The first-order valence-corrected chi connectivity index (χ1v) is 8.31. The van der Waals surface area contributed by atoms with Gasteiger partial charge < -0.3 is 5.32 Å². The highest BCUT2D eigenvalue weighted by Gasteiger charge is 2.49. The topological polar surface area (TPSA) is 92.6 Å². The molecule has 0 bridgehead atoms. The Bertz CT molecular complexity index is 914. The fourth-order valence-corrected chi connectivity index (χ4v) is 3.33. The molecule has 1 heterocycles. The molecule has 0 spiro atoms. The quantitative estimate of drug-likeness (QED) is 0.484. The second-order valence-electron chi connectivity index (χ2n) is 5.95. The summed E-state index contributed by atoms with van der Waals surface area (Å²) in [4.78, 5) is 36.8. The van der Waals surface area contributed by atoms with Crippen molar-refractivity contribution in [1.82, 2.24) is 10.2 Å². The van der Waals surface area contributed by atoms with Gasteiger partial charge in [-0.15, -0.1) is 0 Å². The van der Waals surface area contributed by atoms with Gasteiger partial charge in [-0.05, 0) is 24.6 Å². The average molecular weight is 394 g/mol. The molecule has 134 valence electrons. The van der Waals surface area contributed by atoms with Crippen molar-refractivity contribution in [3.63, 3.8) is 0 Å². The number of benzene rings is 2. The van der Waals surface area contributed by atoms with E-state index in [0.717, 1.165) is 4.90 Å². The first kappa shape index (κ1) is 18.2. The van der Waals surface area contributed by atoms with Crippen molar-refractivity contribution >= 4 is 40.8 Å². The van der Waals surface area contributed by atoms with Crippen LogP contribution in [0.25, 0.3) is 0 Å². The minimum atomic E-state index is -1.42. The molecule has 1 fully saturated rings. The molecule has 0 aromatic heterocycles. The van der Waals surface area contributed by atoms with Crippen LogP contribution < -0.4 is 5.32 Å². The maximum Gasteiger partial charge on any atom is 0.325 e. The summed E-state index contributed by atoms with van der Waals surface area (Å²) in [7, 11) is 0. The smallest absolute Gasteiger partial charge is 0.319 e. The van der Waals surface area contributed by atoms with Crippen LogP contribution >= 0.6 is 23.2 Å². The van der Waals surface area contributed by atoms with Gasteiger partial charge >= 0.3 is 6.03 Å². The van der Waals surface area contributed by atoms with E-state index in [1.807, 2.05) is 0 Å². The molecule has 9 heteroatoms. The predicted molar refractivity (Wildman–Crippen MR) is 96.0 cm³/mol. The van der Waals surface area contributed by atoms with Crippen LogP contribution in [0.3, 0.4) is 0 Å². The van der Waals surface area contributed by atoms with E-state index in [-0.39, 0.29) is 12.2 Å². The van der Waals surface area contributed by atoms with Gasteiger partial charge in [0.15, 0.2) is 0 Å². The third-order valence-electron chi connectivity index (χ3n) is 4.29. The molecule has 0 saturated carbocycles. The lowest BCUT2D eigenvalue weighted by molar-refractivity contribution is -0.385. The van der Waals surface area contributed by atoms with Gasteiger partial charge in [-0.2, -0.15) is 0 Å². The first-order valence-electron chi connectivity index (χ1n) is 7.56. The number of carbonyl (C=O) groups excluding carboxylic acids is 2. The Morgan fingerprint density at radius 3 is 2.38 bits per heavy atom. The van der Waals surface area contributed by atoms with Crippen LogP contribution in [0.15, 0.2) is 42.5 Å². The Morgan fingerprint density at radius 1 is 1.15 bits per heavy atom. The lowest BCUT2D eigenvalue weighted by atomic mass is 9.91. The van der Waals surface area contributed by atoms with E-state index in [0.29, 0.717) is 21.2 Å².